The van der Waals surface area contributed by atoms with Crippen LogP contribution in [-0.2, 0) is 5.41 Å². The van der Waals surface area contributed by atoms with Crippen molar-refractivity contribution in [2.24, 2.45) is 0 Å². The minimum Gasteiger partial charge on any atom is -0.0619 e. The summed E-state index contributed by atoms with van der Waals surface area (Å²) in [5.41, 5.74) is 13.1. The lowest BCUT2D eigenvalue weighted by Gasteiger charge is -2.30. The molecule has 0 bridgehead atoms. The maximum Gasteiger partial charge on any atom is 0.0725 e. The van der Waals surface area contributed by atoms with Crippen LogP contribution in [0.5, 0.6) is 0 Å². The largest absolute Gasteiger partial charge is 0.0725 e. The fourth-order valence-electron chi connectivity index (χ4n) is 6.68. The highest BCUT2D eigenvalue weighted by atomic mass is 79.9. The second-order valence-corrected chi connectivity index (χ2v) is 10.8. The van der Waals surface area contributed by atoms with E-state index in [1.165, 1.54) is 66.4 Å². The molecule has 0 saturated heterocycles. The molecule has 2 aliphatic carbocycles. The van der Waals surface area contributed by atoms with E-state index in [9.17, 15) is 0 Å². The van der Waals surface area contributed by atoms with Gasteiger partial charge in [-0.05, 0) is 96.7 Å². The molecule has 36 heavy (non-hydrogen) atoms. The van der Waals surface area contributed by atoms with Gasteiger partial charge in [0, 0.05) is 4.47 Å². The number of fused-ring (bicyclic) bond motifs is 11. The van der Waals surface area contributed by atoms with Crippen molar-refractivity contribution in [3.63, 3.8) is 0 Å². The first kappa shape index (κ1) is 20.3. The Morgan fingerprint density at radius 2 is 0.972 bits per heavy atom. The normalized spacial score (nSPS) is 13.9. The number of hydrogen-bond donors (Lipinski definition) is 0. The fraction of sp³-hybridized carbons (Fsp3) is 0.0286. The molecule has 0 amide bonds. The molecule has 6 aromatic rings. The van der Waals surface area contributed by atoms with Gasteiger partial charge < -0.3 is 0 Å². The van der Waals surface area contributed by atoms with E-state index in [-0.39, 0.29) is 5.41 Å². The van der Waals surface area contributed by atoms with Gasteiger partial charge in [-0.1, -0.05) is 113 Å². The summed E-state index contributed by atoms with van der Waals surface area (Å²) in [5.74, 6) is 0. The highest BCUT2D eigenvalue weighted by Gasteiger charge is 2.51. The first-order valence-corrected chi connectivity index (χ1v) is 13.2. The van der Waals surface area contributed by atoms with E-state index in [2.05, 4.69) is 143 Å². The quantitative estimate of drug-likeness (QED) is 0.202. The predicted molar refractivity (Wildman–Crippen MR) is 153 cm³/mol. The zero-order chi connectivity index (χ0) is 23.9. The molecule has 8 rings (SSSR count). The summed E-state index contributed by atoms with van der Waals surface area (Å²) >= 11 is 3.63. The molecule has 0 aromatic heterocycles. The van der Waals surface area contributed by atoms with Gasteiger partial charge in [0.25, 0.3) is 0 Å². The average molecular weight is 521 g/mol. The fourth-order valence-corrected chi connectivity index (χ4v) is 7.08. The molecule has 6 aromatic carbocycles. The molecule has 2 aliphatic rings. The summed E-state index contributed by atoms with van der Waals surface area (Å²) in [5, 5.41) is 2.55. The van der Waals surface area contributed by atoms with Crippen molar-refractivity contribution >= 4 is 26.7 Å². The van der Waals surface area contributed by atoms with Crippen LogP contribution in [-0.4, -0.2) is 0 Å². The minimum absolute atomic E-state index is 0.281. The van der Waals surface area contributed by atoms with Crippen LogP contribution in [0.4, 0.5) is 0 Å². The van der Waals surface area contributed by atoms with Gasteiger partial charge in [0.1, 0.15) is 0 Å². The van der Waals surface area contributed by atoms with Gasteiger partial charge in [0.05, 0.1) is 5.41 Å². The van der Waals surface area contributed by atoms with E-state index < -0.39 is 0 Å². The van der Waals surface area contributed by atoms with Crippen molar-refractivity contribution in [1.82, 2.24) is 0 Å². The third kappa shape index (κ3) is 2.54. The van der Waals surface area contributed by atoms with Crippen molar-refractivity contribution < 1.29 is 0 Å². The van der Waals surface area contributed by atoms with Crippen molar-refractivity contribution in [3.8, 4) is 33.4 Å². The van der Waals surface area contributed by atoms with Gasteiger partial charge in [-0.3, -0.25) is 0 Å². The van der Waals surface area contributed by atoms with E-state index in [1.54, 1.807) is 0 Å². The second kappa shape index (κ2) is 7.29. The number of hydrogen-bond acceptors (Lipinski definition) is 0. The van der Waals surface area contributed by atoms with Crippen LogP contribution in [0.25, 0.3) is 44.2 Å². The molecule has 0 aliphatic heterocycles. The van der Waals surface area contributed by atoms with Gasteiger partial charge in [0.2, 0.25) is 0 Å². The minimum atomic E-state index is -0.281. The number of halogens is 1. The Labute approximate surface area is 219 Å². The highest BCUT2D eigenvalue weighted by molar-refractivity contribution is 9.10. The Balaban J connectivity index is 1.46. The van der Waals surface area contributed by atoms with Crippen molar-refractivity contribution in [2.75, 3.05) is 0 Å². The Bertz CT molecular complexity index is 1810. The summed E-state index contributed by atoms with van der Waals surface area (Å²) in [4.78, 5) is 0. The van der Waals surface area contributed by atoms with Gasteiger partial charge in [-0.25, -0.2) is 0 Å². The topological polar surface area (TPSA) is 0 Å². The zero-order valence-electron chi connectivity index (χ0n) is 19.5. The molecule has 0 atom stereocenters. The third-order valence-electron chi connectivity index (χ3n) is 8.11. The highest BCUT2D eigenvalue weighted by Crippen LogP contribution is 2.63. The molecular weight excluding hydrogens is 500 g/mol. The average Bonchev–Trinajstić information content (AvgIpc) is 3.39. The number of rotatable bonds is 1. The summed E-state index contributed by atoms with van der Waals surface area (Å²) in [6.07, 6.45) is 0. The van der Waals surface area contributed by atoms with Gasteiger partial charge >= 0.3 is 0 Å². The van der Waals surface area contributed by atoms with E-state index in [4.69, 9.17) is 0 Å². The molecule has 0 saturated carbocycles. The van der Waals surface area contributed by atoms with E-state index in [1.807, 2.05) is 0 Å². The van der Waals surface area contributed by atoms with Crippen LogP contribution < -0.4 is 0 Å². The Morgan fingerprint density at radius 3 is 1.61 bits per heavy atom. The predicted octanol–water partition coefficient (Wildman–Crippen LogP) is 9.61. The molecule has 0 fully saturated rings. The lowest BCUT2D eigenvalue weighted by Crippen LogP contribution is -2.25. The first-order chi connectivity index (χ1) is 17.7. The Kier molecular flexibility index (Phi) is 4.10. The van der Waals surface area contributed by atoms with Gasteiger partial charge in [-0.15, -0.1) is 0 Å². The van der Waals surface area contributed by atoms with Gasteiger partial charge in [0.15, 0.2) is 0 Å². The molecule has 0 N–H and O–H groups in total. The first-order valence-electron chi connectivity index (χ1n) is 12.4. The Morgan fingerprint density at radius 1 is 0.389 bits per heavy atom. The van der Waals surface area contributed by atoms with Crippen LogP contribution in [0, 0.1) is 0 Å². The maximum absolute atomic E-state index is 3.63. The lowest BCUT2D eigenvalue weighted by atomic mass is 9.70. The monoisotopic (exact) mass is 520 g/mol. The Hall–Kier alpha value is -3.94. The van der Waals surface area contributed by atoms with Crippen molar-refractivity contribution in [1.29, 1.82) is 0 Å². The molecule has 1 heteroatoms. The molecule has 0 heterocycles. The lowest BCUT2D eigenvalue weighted by molar-refractivity contribution is 0.795. The standard InChI is InChI=1S/C35H21Br/c36-26-9-7-8-22(19-26)23-16-17-24-21-34-30(20-25(24)18-23)29-12-3-6-15-33(29)35(34)31-13-4-1-10-27(31)28-11-2-5-14-32(28)35/h1-21H. The van der Waals surface area contributed by atoms with Crippen LogP contribution in [0.3, 0.4) is 0 Å². The maximum atomic E-state index is 3.63. The van der Waals surface area contributed by atoms with Crippen LogP contribution in [0.2, 0.25) is 0 Å². The molecule has 0 unspecified atom stereocenters. The van der Waals surface area contributed by atoms with Crippen molar-refractivity contribution in [2.45, 2.75) is 5.41 Å². The van der Waals surface area contributed by atoms with Crippen molar-refractivity contribution in [3.05, 3.63) is 154 Å². The summed E-state index contributed by atoms with van der Waals surface area (Å²) in [6, 6.07) is 47.3. The third-order valence-corrected chi connectivity index (χ3v) is 8.61. The second-order valence-electron chi connectivity index (χ2n) is 9.86. The smallest absolute Gasteiger partial charge is 0.0619 e. The van der Waals surface area contributed by atoms with E-state index >= 15 is 0 Å². The van der Waals surface area contributed by atoms with E-state index in [0.29, 0.717) is 0 Å². The number of benzene rings is 6. The molecule has 0 nitrogen and oxygen atoms in total. The molecule has 168 valence electrons. The summed E-state index contributed by atoms with van der Waals surface area (Å²) < 4.78 is 1.10. The molecule has 1 spiro atoms. The summed E-state index contributed by atoms with van der Waals surface area (Å²) in [7, 11) is 0. The zero-order valence-corrected chi connectivity index (χ0v) is 21.1. The van der Waals surface area contributed by atoms with Crippen LogP contribution in [0.15, 0.2) is 132 Å². The van der Waals surface area contributed by atoms with Crippen LogP contribution in [0.1, 0.15) is 22.3 Å². The van der Waals surface area contributed by atoms with Crippen LogP contribution >= 0.6 is 15.9 Å². The summed E-state index contributed by atoms with van der Waals surface area (Å²) in [6.45, 7) is 0. The molecule has 0 radical (unpaired) electrons. The van der Waals surface area contributed by atoms with Gasteiger partial charge in [-0.2, -0.15) is 0 Å². The van der Waals surface area contributed by atoms with E-state index in [0.717, 1.165) is 4.47 Å². The molecular formula is C35H21Br. The SMILES string of the molecule is Brc1cccc(-c2ccc3cc4c(cc3c2)-c2ccccc2C42c3ccccc3-c3ccccc32)c1.